The predicted octanol–water partition coefficient (Wildman–Crippen LogP) is 4.38. The van der Waals surface area contributed by atoms with Crippen molar-refractivity contribution in [2.24, 2.45) is 5.10 Å². The first-order valence-corrected chi connectivity index (χ1v) is 11.0. The van der Waals surface area contributed by atoms with Gasteiger partial charge in [-0.3, -0.25) is 0 Å². The monoisotopic (exact) mass is 440 g/mol. The van der Waals surface area contributed by atoms with E-state index in [-0.39, 0.29) is 11.3 Å². The fourth-order valence-corrected chi connectivity index (χ4v) is 5.02. The number of hydrogen-bond donors (Lipinski definition) is 0. The van der Waals surface area contributed by atoms with E-state index in [0.717, 1.165) is 4.41 Å². The molecule has 31 heavy (non-hydrogen) atoms. The lowest BCUT2D eigenvalue weighted by Gasteiger charge is -2.23. The molecule has 0 radical (unpaired) electrons. The lowest BCUT2D eigenvalue weighted by Crippen LogP contribution is -2.27. The van der Waals surface area contributed by atoms with Gasteiger partial charge in [0.1, 0.15) is 5.82 Å². The van der Waals surface area contributed by atoms with Crippen molar-refractivity contribution >= 4 is 15.7 Å². The van der Waals surface area contributed by atoms with E-state index in [1.807, 2.05) is 0 Å². The van der Waals surface area contributed by atoms with Crippen LogP contribution >= 0.6 is 0 Å². The Morgan fingerprint density at radius 3 is 2.35 bits per heavy atom. The maximum Gasteiger partial charge on any atom is 0.279 e. The zero-order valence-corrected chi connectivity index (χ0v) is 17.8. The second-order valence-electron chi connectivity index (χ2n) is 6.98. The van der Waals surface area contributed by atoms with Gasteiger partial charge >= 0.3 is 0 Å². The normalized spacial score (nSPS) is 16.2. The van der Waals surface area contributed by atoms with Crippen LogP contribution in [0.15, 0.2) is 82.8 Å². The van der Waals surface area contributed by atoms with Gasteiger partial charge in [-0.15, -0.1) is 0 Å². The summed E-state index contributed by atoms with van der Waals surface area (Å²) < 4.78 is 52.4. The molecule has 0 amide bonds. The fraction of sp³-hybridized carbons (Fsp3) is 0.174. The van der Waals surface area contributed by atoms with Crippen molar-refractivity contribution < 1.29 is 22.3 Å². The summed E-state index contributed by atoms with van der Waals surface area (Å²) in [6.07, 6.45) is 0.283. The lowest BCUT2D eigenvalue weighted by molar-refractivity contribution is 0.355. The summed E-state index contributed by atoms with van der Waals surface area (Å²) in [4.78, 5) is 0.119. The third-order valence-corrected chi connectivity index (χ3v) is 6.81. The average molecular weight is 440 g/mol. The van der Waals surface area contributed by atoms with Crippen LogP contribution in [0.2, 0.25) is 0 Å². The number of sulfonamides is 1. The molecule has 6 nitrogen and oxygen atoms in total. The minimum absolute atomic E-state index is 0.119. The first-order chi connectivity index (χ1) is 14.9. The summed E-state index contributed by atoms with van der Waals surface area (Å²) in [6, 6.07) is 18.6. The van der Waals surface area contributed by atoms with Crippen LogP contribution in [0.1, 0.15) is 23.6 Å². The Balaban J connectivity index is 1.81. The predicted molar refractivity (Wildman–Crippen MR) is 115 cm³/mol. The molecule has 1 aliphatic rings. The summed E-state index contributed by atoms with van der Waals surface area (Å²) in [7, 11) is -0.883. The van der Waals surface area contributed by atoms with E-state index in [4.69, 9.17) is 9.47 Å². The van der Waals surface area contributed by atoms with Gasteiger partial charge in [-0.2, -0.15) is 17.9 Å². The van der Waals surface area contributed by atoms with Crippen LogP contribution in [0.3, 0.4) is 0 Å². The van der Waals surface area contributed by atoms with Gasteiger partial charge in [-0.05, 0) is 48.0 Å². The van der Waals surface area contributed by atoms with Gasteiger partial charge in [0.2, 0.25) is 0 Å². The van der Waals surface area contributed by atoms with Crippen molar-refractivity contribution in [3.8, 4) is 11.5 Å². The van der Waals surface area contributed by atoms with Crippen molar-refractivity contribution in [1.29, 1.82) is 0 Å². The zero-order valence-electron chi connectivity index (χ0n) is 17.0. The summed E-state index contributed by atoms with van der Waals surface area (Å²) >= 11 is 0. The molecule has 160 valence electrons. The van der Waals surface area contributed by atoms with E-state index in [0.29, 0.717) is 28.3 Å². The maximum absolute atomic E-state index is 13.9. The van der Waals surface area contributed by atoms with Crippen LogP contribution in [0.5, 0.6) is 11.5 Å². The first-order valence-electron chi connectivity index (χ1n) is 9.59. The molecule has 0 fully saturated rings. The highest BCUT2D eigenvalue weighted by Crippen LogP contribution is 2.38. The van der Waals surface area contributed by atoms with E-state index in [9.17, 15) is 12.8 Å². The molecule has 0 aliphatic carbocycles. The van der Waals surface area contributed by atoms with Gasteiger partial charge in [-0.1, -0.05) is 30.3 Å². The van der Waals surface area contributed by atoms with Crippen LogP contribution in [0, 0.1) is 5.82 Å². The van der Waals surface area contributed by atoms with Crippen LogP contribution in [-0.2, 0) is 10.0 Å². The molecule has 1 aliphatic heterocycles. The molecule has 0 spiro atoms. The van der Waals surface area contributed by atoms with Crippen molar-refractivity contribution in [2.75, 3.05) is 14.2 Å². The Labute approximate surface area is 180 Å². The minimum Gasteiger partial charge on any atom is -0.493 e. The van der Waals surface area contributed by atoms with Crippen molar-refractivity contribution in [3.05, 3.63) is 89.7 Å². The smallest absolute Gasteiger partial charge is 0.279 e. The van der Waals surface area contributed by atoms with Crippen molar-refractivity contribution in [3.63, 3.8) is 0 Å². The quantitative estimate of drug-likeness (QED) is 0.570. The largest absolute Gasteiger partial charge is 0.493 e. The number of benzene rings is 3. The Morgan fingerprint density at radius 1 is 0.935 bits per heavy atom. The highest BCUT2D eigenvalue weighted by atomic mass is 32.2. The standard InChI is InChI=1S/C23H21FN2O4S/c1-29-22-12-11-16(14-23(22)30-2)20-15-21(17-7-6-8-18(24)13-17)26(25-20)31(27,28)19-9-4-3-5-10-19/h3-14,21H,15H2,1-2H3. The van der Waals surface area contributed by atoms with Crippen LogP contribution in [-0.4, -0.2) is 32.8 Å². The number of nitrogens with zero attached hydrogens (tertiary/aromatic N) is 2. The maximum atomic E-state index is 13.9. The highest BCUT2D eigenvalue weighted by Gasteiger charge is 2.38. The molecule has 8 heteroatoms. The second-order valence-corrected chi connectivity index (χ2v) is 8.78. The average Bonchev–Trinajstić information content (AvgIpc) is 3.26. The van der Waals surface area contributed by atoms with E-state index < -0.39 is 21.9 Å². The highest BCUT2D eigenvalue weighted by molar-refractivity contribution is 7.89. The SMILES string of the molecule is COc1ccc(C2=NN(S(=O)(=O)c3ccccc3)C(c3cccc(F)c3)C2)cc1OC. The summed E-state index contributed by atoms with van der Waals surface area (Å²) in [5.41, 5.74) is 1.78. The molecule has 3 aromatic carbocycles. The number of methoxy groups -OCH3 is 2. The van der Waals surface area contributed by atoms with Crippen LogP contribution < -0.4 is 9.47 Å². The number of hydrazone groups is 1. The van der Waals surface area contributed by atoms with Gasteiger partial charge in [0.25, 0.3) is 10.0 Å². The molecular weight excluding hydrogens is 419 g/mol. The molecule has 1 unspecified atom stereocenters. The van der Waals surface area contributed by atoms with Crippen molar-refractivity contribution in [1.82, 2.24) is 4.41 Å². The fourth-order valence-electron chi connectivity index (χ4n) is 3.56. The van der Waals surface area contributed by atoms with Crippen LogP contribution in [0.4, 0.5) is 4.39 Å². The molecule has 1 atom stereocenters. The number of halogens is 1. The topological polar surface area (TPSA) is 68.2 Å². The Hall–Kier alpha value is -3.39. The van der Waals surface area contributed by atoms with E-state index in [1.54, 1.807) is 55.6 Å². The molecule has 3 aromatic rings. The third-order valence-electron chi connectivity index (χ3n) is 5.11. The number of hydrogen-bond acceptors (Lipinski definition) is 5. The van der Waals surface area contributed by atoms with Gasteiger partial charge in [0.05, 0.1) is 30.9 Å². The number of rotatable bonds is 6. The summed E-state index contributed by atoms with van der Waals surface area (Å²) in [5.74, 6) is 0.629. The third kappa shape index (κ3) is 3.98. The Kier molecular flexibility index (Phi) is 5.65. The minimum atomic E-state index is -3.95. The molecule has 0 saturated carbocycles. The molecule has 0 aromatic heterocycles. The van der Waals surface area contributed by atoms with Crippen molar-refractivity contribution in [2.45, 2.75) is 17.4 Å². The Morgan fingerprint density at radius 2 is 1.68 bits per heavy atom. The van der Waals surface area contributed by atoms with Gasteiger partial charge in [-0.25, -0.2) is 4.39 Å². The molecular formula is C23H21FN2O4S. The number of ether oxygens (including phenoxy) is 2. The van der Waals surface area contributed by atoms with E-state index >= 15 is 0 Å². The molecule has 4 rings (SSSR count). The Bertz CT molecular complexity index is 1230. The summed E-state index contributed by atoms with van der Waals surface area (Å²) in [6.45, 7) is 0. The lowest BCUT2D eigenvalue weighted by atomic mass is 9.99. The first kappa shape index (κ1) is 20.9. The van der Waals surface area contributed by atoms with Gasteiger partial charge < -0.3 is 9.47 Å². The molecule has 0 bridgehead atoms. The molecule has 0 N–H and O–H groups in total. The van der Waals surface area contributed by atoms with Crippen LogP contribution in [0.25, 0.3) is 0 Å². The molecule has 1 heterocycles. The van der Waals surface area contributed by atoms with Gasteiger partial charge in [0.15, 0.2) is 11.5 Å². The second kappa shape index (κ2) is 8.39. The van der Waals surface area contributed by atoms with Gasteiger partial charge in [0, 0.05) is 12.0 Å². The van der Waals surface area contributed by atoms with E-state index in [1.165, 1.54) is 31.4 Å². The molecule has 0 saturated heterocycles. The van der Waals surface area contributed by atoms with E-state index in [2.05, 4.69) is 5.10 Å². The summed E-state index contributed by atoms with van der Waals surface area (Å²) in [5, 5.41) is 4.47. The zero-order chi connectivity index (χ0) is 22.0.